The lowest BCUT2D eigenvalue weighted by atomic mass is 9.98. The van der Waals surface area contributed by atoms with E-state index in [1.165, 1.54) is 102 Å². The number of alkyl halides is 3. The van der Waals surface area contributed by atoms with E-state index in [2.05, 4.69) is 106 Å². The lowest BCUT2D eigenvalue weighted by Crippen LogP contribution is -2.50. The van der Waals surface area contributed by atoms with Gasteiger partial charge in [-0.25, -0.2) is 0 Å². The number of likely N-dealkylation sites (tertiary alicyclic amines) is 2. The Labute approximate surface area is 326 Å². The predicted octanol–water partition coefficient (Wildman–Crippen LogP) is 7.12. The molecule has 0 spiro atoms. The van der Waals surface area contributed by atoms with Crippen LogP contribution in [0.2, 0.25) is 0 Å². The van der Waals surface area contributed by atoms with Crippen LogP contribution in [0.5, 0.6) is 0 Å². The summed E-state index contributed by atoms with van der Waals surface area (Å²) in [6.45, 7) is 37.9. The second-order valence-corrected chi connectivity index (χ2v) is 17.6. The Morgan fingerprint density at radius 1 is 0.566 bits per heavy atom. The summed E-state index contributed by atoms with van der Waals surface area (Å²) in [5.41, 5.74) is 0. The maximum absolute atomic E-state index is 12.0. The number of nitrogens with one attached hydrogen (secondary N) is 1. The molecule has 0 atom stereocenters. The van der Waals surface area contributed by atoms with Crippen LogP contribution in [0.15, 0.2) is 0 Å². The minimum absolute atomic E-state index is 0.291. The molecule has 5 aliphatic rings. The van der Waals surface area contributed by atoms with Gasteiger partial charge in [0.05, 0.1) is 6.54 Å². The molecule has 0 radical (unpaired) electrons. The quantitative estimate of drug-likeness (QED) is 0.229. The minimum Gasteiger partial charge on any atom is -0.396 e. The lowest BCUT2D eigenvalue weighted by Gasteiger charge is -2.37. The average molecular weight is 764 g/mol. The van der Waals surface area contributed by atoms with Crippen molar-refractivity contribution in [3.8, 4) is 0 Å². The van der Waals surface area contributed by atoms with Gasteiger partial charge in [0.2, 0.25) is 0 Å². The zero-order valence-electron chi connectivity index (χ0n) is 36.6. The molecule has 1 aliphatic carbocycles. The standard InChI is InChI=1S/C10H20N2.C9H17F3N2.C9H19N.C8H17N.C6H15NO/c1-9(2)11-5-7-12(8-6-11)10-3-4-10;1-8(2)14-5-3-13(4-6-14)7-9(10,11)12;1-8(2)10-6-4-9(3)5-7-10;1-8(2)9-6-4-3-5-7-9;1-6(2)7-4-3-5-8/h9-10H,3-8H2,1-2H3;8H,3-7H2,1-2H3;8-9H,4-7H2,1-3H3;8H,3-7H2,1-2H3;6-8H,3-5H2,1-2H3. The largest absolute Gasteiger partial charge is 0.401 e. The molecule has 4 aliphatic heterocycles. The highest BCUT2D eigenvalue weighted by molar-refractivity contribution is 4.88. The van der Waals surface area contributed by atoms with Gasteiger partial charge in [-0.15, -0.1) is 0 Å². The molecular weight excluding hydrogens is 676 g/mol. The van der Waals surface area contributed by atoms with Crippen molar-refractivity contribution in [2.45, 2.75) is 170 Å². The SMILES string of the molecule is CC(C)N1CCCCC1.CC(C)N1CCN(C2CC2)CC1.CC(C)N1CCN(CC(F)(F)F)CC1.CC(C)NCCCO.CC1CCN(C(C)C)CC1. The van der Waals surface area contributed by atoms with Crippen molar-refractivity contribution in [3.63, 3.8) is 0 Å². The molecule has 318 valence electrons. The summed E-state index contributed by atoms with van der Waals surface area (Å²) < 4.78 is 36.1. The Bertz CT molecular complexity index is 832. The first-order chi connectivity index (χ1) is 24.9. The van der Waals surface area contributed by atoms with Gasteiger partial charge in [-0.3, -0.25) is 19.6 Å². The van der Waals surface area contributed by atoms with Crippen molar-refractivity contribution in [1.82, 2.24) is 34.7 Å². The van der Waals surface area contributed by atoms with E-state index in [1.807, 2.05) is 0 Å². The first kappa shape index (κ1) is 50.5. The lowest BCUT2D eigenvalue weighted by molar-refractivity contribution is -0.149. The first-order valence-corrected chi connectivity index (χ1v) is 21.8. The smallest absolute Gasteiger partial charge is 0.396 e. The van der Waals surface area contributed by atoms with Crippen LogP contribution in [0.4, 0.5) is 13.2 Å². The first-order valence-electron chi connectivity index (χ1n) is 21.8. The van der Waals surface area contributed by atoms with Crippen LogP contribution < -0.4 is 5.32 Å². The Morgan fingerprint density at radius 2 is 0.981 bits per heavy atom. The van der Waals surface area contributed by atoms with Crippen LogP contribution in [0.3, 0.4) is 0 Å². The van der Waals surface area contributed by atoms with Crippen molar-refractivity contribution >= 4 is 0 Å². The third kappa shape index (κ3) is 25.4. The zero-order valence-corrected chi connectivity index (χ0v) is 36.6. The van der Waals surface area contributed by atoms with Crippen LogP contribution in [-0.2, 0) is 0 Å². The fourth-order valence-corrected chi connectivity index (χ4v) is 7.20. The molecule has 5 rings (SSSR count). The van der Waals surface area contributed by atoms with E-state index in [9.17, 15) is 13.2 Å². The summed E-state index contributed by atoms with van der Waals surface area (Å²) in [4.78, 5) is 14.0. The van der Waals surface area contributed by atoms with Crippen LogP contribution >= 0.6 is 0 Å². The number of rotatable bonds is 10. The van der Waals surface area contributed by atoms with Gasteiger partial charge in [0.25, 0.3) is 0 Å². The monoisotopic (exact) mass is 764 g/mol. The Morgan fingerprint density at radius 3 is 1.34 bits per heavy atom. The van der Waals surface area contributed by atoms with Crippen LogP contribution in [0, 0.1) is 5.92 Å². The molecule has 8 nitrogen and oxygen atoms in total. The van der Waals surface area contributed by atoms with E-state index in [0.29, 0.717) is 31.8 Å². The van der Waals surface area contributed by atoms with E-state index < -0.39 is 12.7 Å². The average Bonchev–Trinajstić information content (AvgIpc) is 3.96. The highest BCUT2D eigenvalue weighted by Crippen LogP contribution is 2.27. The fourth-order valence-electron chi connectivity index (χ4n) is 7.20. The number of nitrogens with zero attached hydrogens (tertiary/aromatic N) is 6. The maximum atomic E-state index is 12.0. The van der Waals surface area contributed by atoms with Gasteiger partial charge in [-0.2, -0.15) is 13.2 Å². The topological polar surface area (TPSA) is 51.7 Å². The Hall–Kier alpha value is -0.530. The molecule has 4 heterocycles. The molecule has 2 N–H and O–H groups in total. The molecule has 0 bridgehead atoms. The molecular formula is C42H88F3N7O. The van der Waals surface area contributed by atoms with Gasteiger partial charge in [0.15, 0.2) is 0 Å². The summed E-state index contributed by atoms with van der Waals surface area (Å²) in [6.07, 6.45) is 6.80. The normalized spacial score (nSPS) is 22.2. The van der Waals surface area contributed by atoms with Crippen LogP contribution in [0.25, 0.3) is 0 Å². The summed E-state index contributed by atoms with van der Waals surface area (Å²) in [6, 6.07) is 4.22. The third-order valence-corrected chi connectivity index (χ3v) is 11.2. The summed E-state index contributed by atoms with van der Waals surface area (Å²) in [5, 5.41) is 11.5. The van der Waals surface area contributed by atoms with Crippen molar-refractivity contribution in [2.24, 2.45) is 5.92 Å². The summed E-state index contributed by atoms with van der Waals surface area (Å²) in [7, 11) is 0. The van der Waals surface area contributed by atoms with E-state index in [4.69, 9.17) is 5.11 Å². The number of piperidine rings is 2. The van der Waals surface area contributed by atoms with Crippen molar-refractivity contribution < 1.29 is 18.3 Å². The Kier molecular flexibility index (Phi) is 26.6. The maximum Gasteiger partial charge on any atom is 0.401 e. The van der Waals surface area contributed by atoms with Crippen molar-refractivity contribution in [1.29, 1.82) is 0 Å². The van der Waals surface area contributed by atoms with Gasteiger partial charge in [-0.05, 0) is 139 Å². The molecule has 0 aromatic rings. The summed E-state index contributed by atoms with van der Waals surface area (Å²) in [5.74, 6) is 0.968. The second-order valence-electron chi connectivity index (χ2n) is 17.6. The number of piperazine rings is 2. The molecule has 4 saturated heterocycles. The van der Waals surface area contributed by atoms with Gasteiger partial charge in [0, 0.05) is 95.2 Å². The molecule has 53 heavy (non-hydrogen) atoms. The van der Waals surface area contributed by atoms with Crippen molar-refractivity contribution in [3.05, 3.63) is 0 Å². The molecule has 0 amide bonds. The van der Waals surface area contributed by atoms with E-state index in [0.717, 1.165) is 56.1 Å². The van der Waals surface area contributed by atoms with Gasteiger partial charge in [0.1, 0.15) is 0 Å². The molecule has 0 aromatic carbocycles. The van der Waals surface area contributed by atoms with Gasteiger partial charge >= 0.3 is 6.18 Å². The molecule has 11 heteroatoms. The van der Waals surface area contributed by atoms with Gasteiger partial charge in [-0.1, -0.05) is 27.2 Å². The van der Waals surface area contributed by atoms with E-state index >= 15 is 0 Å². The number of halogens is 3. The van der Waals surface area contributed by atoms with Crippen LogP contribution in [0.1, 0.15) is 128 Å². The minimum atomic E-state index is -4.06. The van der Waals surface area contributed by atoms with Gasteiger partial charge < -0.3 is 20.2 Å². The predicted molar refractivity (Wildman–Crippen MR) is 221 cm³/mol. The molecule has 1 saturated carbocycles. The molecule has 5 fully saturated rings. The number of hydrogen-bond donors (Lipinski definition) is 2. The highest BCUT2D eigenvalue weighted by Gasteiger charge is 2.33. The highest BCUT2D eigenvalue weighted by atomic mass is 19.4. The van der Waals surface area contributed by atoms with Crippen LogP contribution in [-0.4, -0.2) is 175 Å². The van der Waals surface area contributed by atoms with E-state index in [1.54, 1.807) is 0 Å². The summed E-state index contributed by atoms with van der Waals surface area (Å²) >= 11 is 0. The van der Waals surface area contributed by atoms with Crippen molar-refractivity contribution in [2.75, 3.05) is 98.2 Å². The Balaban J connectivity index is 0.000000336. The van der Waals surface area contributed by atoms with E-state index in [-0.39, 0.29) is 0 Å². The number of aliphatic hydroxyl groups is 1. The second kappa shape index (κ2) is 28.0. The fraction of sp³-hybridized carbons (Fsp3) is 1.00. The third-order valence-electron chi connectivity index (χ3n) is 11.2. The number of hydrogen-bond acceptors (Lipinski definition) is 8. The number of aliphatic hydroxyl groups excluding tert-OH is 1. The molecule has 0 aromatic heterocycles. The zero-order chi connectivity index (χ0) is 40.0. The molecule has 0 unspecified atom stereocenters.